The Bertz CT molecular complexity index is 1990. The summed E-state index contributed by atoms with van der Waals surface area (Å²) in [6, 6.07) is 40.4. The third-order valence-electron chi connectivity index (χ3n) is 9.37. The van der Waals surface area contributed by atoms with Gasteiger partial charge in [-0.05, 0) is 102 Å². The minimum Gasteiger partial charge on any atom is -0.488 e. The van der Waals surface area contributed by atoms with Crippen LogP contribution >= 0.6 is 15.9 Å². The van der Waals surface area contributed by atoms with Gasteiger partial charge in [-0.3, -0.25) is 4.79 Å². The number of aldehydes is 1. The molecule has 0 saturated heterocycles. The van der Waals surface area contributed by atoms with Gasteiger partial charge in [-0.15, -0.1) is 0 Å². The van der Waals surface area contributed by atoms with Crippen LogP contribution in [0.15, 0.2) is 126 Å². The third kappa shape index (κ3) is 10.4. The van der Waals surface area contributed by atoms with E-state index in [1.54, 1.807) is 0 Å². The molecule has 0 aliphatic rings. The Morgan fingerprint density at radius 1 is 0.407 bits per heavy atom. The first-order chi connectivity index (χ1) is 25.7. The Labute approximate surface area is 330 Å². The summed E-state index contributed by atoms with van der Waals surface area (Å²) in [5.74, 6) is 3.20. The van der Waals surface area contributed by atoms with Gasteiger partial charge in [-0.25, -0.2) is 0 Å². The van der Waals surface area contributed by atoms with Gasteiger partial charge in [0.05, 0.1) is 10.0 Å². The van der Waals surface area contributed by atoms with E-state index in [1.807, 2.05) is 118 Å². The molecule has 0 spiro atoms. The van der Waals surface area contributed by atoms with Crippen molar-refractivity contribution in [1.29, 1.82) is 0 Å². The summed E-state index contributed by atoms with van der Waals surface area (Å²) in [5.41, 5.74) is 11.0. The lowest BCUT2D eigenvalue weighted by Gasteiger charge is -2.20. The van der Waals surface area contributed by atoms with Gasteiger partial charge in [-0.1, -0.05) is 129 Å². The molecule has 5 nitrogen and oxygen atoms in total. The van der Waals surface area contributed by atoms with E-state index in [0.29, 0.717) is 37.7 Å². The predicted molar refractivity (Wildman–Crippen MR) is 224 cm³/mol. The molecule has 0 radical (unpaired) electrons. The van der Waals surface area contributed by atoms with Crippen molar-refractivity contribution >= 4 is 22.2 Å². The molecule has 0 atom stereocenters. The number of benzene rings is 6. The Morgan fingerprint density at radius 3 is 1.04 bits per heavy atom. The zero-order valence-electron chi connectivity index (χ0n) is 31.4. The molecule has 0 fully saturated rings. The summed E-state index contributed by atoms with van der Waals surface area (Å²) in [7, 11) is 0. The molecule has 280 valence electrons. The number of ether oxygens (including phenoxy) is 4. The topological polar surface area (TPSA) is 54.0 Å². The molecule has 0 aliphatic heterocycles. The Kier molecular flexibility index (Phi) is 15.5. The molecule has 54 heavy (non-hydrogen) atoms. The van der Waals surface area contributed by atoms with E-state index in [9.17, 15) is 4.79 Å². The van der Waals surface area contributed by atoms with E-state index in [2.05, 4.69) is 61.0 Å². The van der Waals surface area contributed by atoms with E-state index in [1.165, 1.54) is 0 Å². The Morgan fingerprint density at radius 2 is 0.685 bits per heavy atom. The first-order valence-electron chi connectivity index (χ1n) is 17.7. The molecule has 0 N–H and O–H groups in total. The normalized spacial score (nSPS) is 10.4. The number of carbonyl (C=O) groups is 1. The van der Waals surface area contributed by atoms with E-state index in [4.69, 9.17) is 18.9 Å². The smallest absolute Gasteiger partial charge is 0.154 e. The van der Waals surface area contributed by atoms with Crippen molar-refractivity contribution < 1.29 is 23.7 Å². The maximum Gasteiger partial charge on any atom is 0.154 e. The van der Waals surface area contributed by atoms with Gasteiger partial charge in [-0.2, -0.15) is 0 Å². The van der Waals surface area contributed by atoms with Gasteiger partial charge in [0, 0.05) is 11.1 Å². The summed E-state index contributed by atoms with van der Waals surface area (Å²) in [5, 5.41) is 0. The van der Waals surface area contributed by atoms with Gasteiger partial charge in [0.1, 0.15) is 49.4 Å². The summed E-state index contributed by atoms with van der Waals surface area (Å²) in [6.45, 7) is 14.1. The van der Waals surface area contributed by atoms with Crippen molar-refractivity contribution in [3.63, 3.8) is 0 Å². The second-order valence-corrected chi connectivity index (χ2v) is 13.8. The Hall–Kier alpha value is -5.33. The lowest BCUT2D eigenvalue weighted by atomic mass is 9.98. The molecule has 0 aliphatic carbocycles. The molecule has 0 heterocycles. The van der Waals surface area contributed by atoms with Crippen molar-refractivity contribution in [3.05, 3.63) is 187 Å². The molecule has 6 heteroatoms. The van der Waals surface area contributed by atoms with E-state index >= 15 is 0 Å². The summed E-state index contributed by atoms with van der Waals surface area (Å²) in [4.78, 5) is 11.8. The van der Waals surface area contributed by atoms with Crippen molar-refractivity contribution in [2.24, 2.45) is 0 Å². The predicted octanol–water partition coefficient (Wildman–Crippen LogP) is 12.8. The molecular weight excluding hydrogens is 736 g/mol. The van der Waals surface area contributed by atoms with Crippen LogP contribution in [0.4, 0.5) is 0 Å². The zero-order chi connectivity index (χ0) is 37.7. The number of rotatable bonds is 13. The maximum absolute atomic E-state index is 11.8. The molecule has 0 saturated carbocycles. The van der Waals surface area contributed by atoms with Crippen LogP contribution in [0.3, 0.4) is 0 Å². The number of hydrogen-bond acceptors (Lipinski definition) is 5. The number of hydrogen-bond donors (Lipinski definition) is 0. The second kappa shape index (κ2) is 20.2. The summed E-state index contributed by atoms with van der Waals surface area (Å²) in [6.07, 6.45) is 0.859. The summed E-state index contributed by atoms with van der Waals surface area (Å²) < 4.78 is 25.4. The van der Waals surface area contributed by atoms with Gasteiger partial charge in [0.2, 0.25) is 0 Å². The van der Waals surface area contributed by atoms with Gasteiger partial charge in [0.15, 0.2) is 6.29 Å². The fraction of sp³-hybridized carbons (Fsp3) is 0.229. The number of carbonyl (C=O) groups excluding carboxylic acids is 1. The molecule has 0 amide bonds. The largest absolute Gasteiger partial charge is 0.488 e. The molecule has 6 rings (SSSR count). The minimum atomic E-state index is 0. The van der Waals surface area contributed by atoms with Crippen molar-refractivity contribution in [2.45, 2.75) is 75.4 Å². The maximum atomic E-state index is 11.8. The van der Waals surface area contributed by atoms with Crippen LogP contribution < -0.4 is 18.9 Å². The van der Waals surface area contributed by atoms with Crippen LogP contribution in [0.1, 0.15) is 73.4 Å². The van der Waals surface area contributed by atoms with Crippen molar-refractivity contribution in [1.82, 2.24) is 0 Å². The van der Waals surface area contributed by atoms with Gasteiger partial charge < -0.3 is 18.9 Å². The van der Waals surface area contributed by atoms with Crippen LogP contribution in [-0.4, -0.2) is 6.29 Å². The fourth-order valence-electron chi connectivity index (χ4n) is 6.02. The first kappa shape index (κ1) is 41.4. The first-order valence-corrected chi connectivity index (χ1v) is 18.5. The minimum absolute atomic E-state index is 0. The zero-order valence-corrected chi connectivity index (χ0v) is 33.0. The van der Waals surface area contributed by atoms with E-state index < -0.39 is 0 Å². The lowest BCUT2D eigenvalue weighted by Crippen LogP contribution is -2.07. The molecule has 6 aromatic rings. The molecule has 0 unspecified atom stereocenters. The third-order valence-corrected chi connectivity index (χ3v) is 10.3. The van der Waals surface area contributed by atoms with Crippen LogP contribution in [0, 0.1) is 41.5 Å². The highest BCUT2D eigenvalue weighted by Crippen LogP contribution is 2.42. The Balaban J connectivity index is 0.000000236. The average Bonchev–Trinajstić information content (AvgIpc) is 3.19. The SMILES string of the molecule is C.Cc1c(C)c(OCc2ccccc2)c(Br)c(C)c1OCc1ccccc1.Cc1c(C)c(OCc2ccccc2)c(C=O)c(C)c1OCc1ccccc1. The molecule has 6 aromatic carbocycles. The van der Waals surface area contributed by atoms with E-state index in [0.717, 1.165) is 83.6 Å². The van der Waals surface area contributed by atoms with Gasteiger partial charge in [0.25, 0.3) is 0 Å². The highest BCUT2D eigenvalue weighted by molar-refractivity contribution is 9.10. The quantitative estimate of drug-likeness (QED) is 0.109. The monoisotopic (exact) mass is 786 g/mol. The number of halogens is 1. The van der Waals surface area contributed by atoms with Gasteiger partial charge >= 0.3 is 0 Å². The second-order valence-electron chi connectivity index (χ2n) is 13.0. The average molecular weight is 788 g/mol. The van der Waals surface area contributed by atoms with Crippen molar-refractivity contribution in [2.75, 3.05) is 0 Å². The van der Waals surface area contributed by atoms with Crippen LogP contribution in [0.25, 0.3) is 0 Å². The molecule has 0 aromatic heterocycles. The lowest BCUT2D eigenvalue weighted by molar-refractivity contribution is 0.111. The van der Waals surface area contributed by atoms with Crippen molar-refractivity contribution in [3.8, 4) is 23.0 Å². The van der Waals surface area contributed by atoms with Crippen LogP contribution in [-0.2, 0) is 26.4 Å². The summed E-state index contributed by atoms with van der Waals surface area (Å²) >= 11 is 3.71. The van der Waals surface area contributed by atoms with E-state index in [-0.39, 0.29) is 7.43 Å². The fourth-order valence-corrected chi connectivity index (χ4v) is 6.62. The highest BCUT2D eigenvalue weighted by atomic mass is 79.9. The standard InChI is InChI=1S/C24H24O3.C23H23BrO2.CH4/c1-17-18(2)24(27-16-21-12-8-5-9-13-21)22(14-25)19(3)23(17)26-15-20-10-6-4-7-11-20;1-16-17(2)23(26-15-20-12-8-5-9-13-20)21(24)18(3)22(16)25-14-19-10-6-4-7-11-19;/h4-14H,15-16H2,1-3H3;4-13H,14-15H2,1-3H3;1H4. The molecule has 0 bridgehead atoms. The van der Waals surface area contributed by atoms with Crippen LogP contribution in [0.2, 0.25) is 0 Å². The molecular formula is C48H51BrO5. The van der Waals surface area contributed by atoms with Crippen LogP contribution in [0.5, 0.6) is 23.0 Å². The highest BCUT2D eigenvalue weighted by Gasteiger charge is 2.20.